The van der Waals surface area contributed by atoms with Gasteiger partial charge in [-0.2, -0.15) is 0 Å². The van der Waals surface area contributed by atoms with E-state index in [1.165, 1.54) is 63.4 Å². The molecule has 0 N–H and O–H groups in total. The number of hydrogen-bond acceptors (Lipinski definition) is 3. The summed E-state index contributed by atoms with van der Waals surface area (Å²) >= 11 is 0. The van der Waals surface area contributed by atoms with Gasteiger partial charge in [0.1, 0.15) is 0 Å². The van der Waals surface area contributed by atoms with Gasteiger partial charge in [-0.15, -0.1) is 7.92 Å². The predicted octanol–water partition coefficient (Wildman–Crippen LogP) is 6.25. The van der Waals surface area contributed by atoms with Crippen LogP contribution in [-0.2, 0) is 14.2 Å². The number of unbranched alkanes of at least 4 members (excludes halogenated alkanes) is 5. The fraction of sp³-hybridized carbons (Fsp3) is 1.00. The molecule has 0 bridgehead atoms. The molecular weight excluding hydrogens is 319 g/mol. The van der Waals surface area contributed by atoms with Crippen LogP contribution in [-0.4, -0.2) is 45.8 Å². The summed E-state index contributed by atoms with van der Waals surface area (Å²) in [5, 5.41) is 0. The zero-order chi connectivity index (χ0) is 18.3. The van der Waals surface area contributed by atoms with Crippen molar-refractivity contribution in [2.24, 2.45) is 5.92 Å². The lowest BCUT2D eigenvalue weighted by Gasteiger charge is -2.36. The van der Waals surface area contributed by atoms with Crippen LogP contribution in [0.25, 0.3) is 0 Å². The summed E-state index contributed by atoms with van der Waals surface area (Å²) in [6.07, 6.45) is 15.5. The molecule has 3 nitrogen and oxygen atoms in total. The second-order valence-corrected chi connectivity index (χ2v) is 9.69. The maximum absolute atomic E-state index is 5.67. The highest BCUT2D eigenvalue weighted by Crippen LogP contribution is 2.38. The molecule has 0 aliphatic rings. The van der Waals surface area contributed by atoms with Crippen LogP contribution in [0.4, 0.5) is 0 Å². The Morgan fingerprint density at radius 3 is 1.71 bits per heavy atom. The minimum absolute atomic E-state index is 0.219. The van der Waals surface area contributed by atoms with Crippen molar-refractivity contribution in [3.05, 3.63) is 0 Å². The first-order chi connectivity index (χ1) is 11.6. The molecule has 0 aliphatic carbocycles. The summed E-state index contributed by atoms with van der Waals surface area (Å²) in [6.45, 7) is 6.92. The highest BCUT2D eigenvalue weighted by Gasteiger charge is 2.39. The largest absolute Gasteiger partial charge is 0.331 e. The Bertz CT molecular complexity index is 257. The van der Waals surface area contributed by atoms with Crippen molar-refractivity contribution in [3.63, 3.8) is 0 Å². The van der Waals surface area contributed by atoms with Gasteiger partial charge in [0.05, 0.1) is 0 Å². The molecular formula is C20H43O3P. The lowest BCUT2D eigenvalue weighted by atomic mass is 9.93. The van der Waals surface area contributed by atoms with Gasteiger partial charge in [-0.3, -0.25) is 0 Å². The highest BCUT2D eigenvalue weighted by atomic mass is 31.1. The third kappa shape index (κ3) is 9.13. The van der Waals surface area contributed by atoms with Crippen molar-refractivity contribution in [3.8, 4) is 0 Å². The molecule has 24 heavy (non-hydrogen) atoms. The van der Waals surface area contributed by atoms with Crippen molar-refractivity contribution in [1.82, 2.24) is 0 Å². The summed E-state index contributed by atoms with van der Waals surface area (Å²) in [6, 6.07) is 0. The number of rotatable bonds is 17. The van der Waals surface area contributed by atoms with E-state index in [1.807, 2.05) is 0 Å². The molecule has 0 fully saturated rings. The molecule has 0 heterocycles. The van der Waals surface area contributed by atoms with Crippen molar-refractivity contribution < 1.29 is 14.2 Å². The number of methoxy groups -OCH3 is 3. The monoisotopic (exact) mass is 362 g/mol. The predicted molar refractivity (Wildman–Crippen MR) is 107 cm³/mol. The lowest BCUT2D eigenvalue weighted by molar-refractivity contribution is -0.380. The molecule has 146 valence electrons. The third-order valence-electron chi connectivity index (χ3n) is 5.18. The molecule has 0 aromatic carbocycles. The van der Waals surface area contributed by atoms with Crippen molar-refractivity contribution in [1.29, 1.82) is 0 Å². The standard InChI is InChI=1S/C20H43O3P/c1-7-10-11-12-13-14-16-19(20(21-4,22-5)23-6)17-15-18-24(8-2)9-3/h19H,7-18H2,1-6H3. The fourth-order valence-corrected chi connectivity index (χ4v) is 5.23. The lowest BCUT2D eigenvalue weighted by Crippen LogP contribution is -2.44. The molecule has 4 heteroatoms. The maximum Gasteiger partial charge on any atom is 0.285 e. The van der Waals surface area contributed by atoms with Crippen LogP contribution in [0, 0.1) is 5.92 Å². The van der Waals surface area contributed by atoms with E-state index in [9.17, 15) is 0 Å². The molecule has 0 aromatic rings. The van der Waals surface area contributed by atoms with E-state index in [2.05, 4.69) is 20.8 Å². The quantitative estimate of drug-likeness (QED) is 0.174. The number of hydrogen-bond donors (Lipinski definition) is 0. The Morgan fingerprint density at radius 1 is 0.708 bits per heavy atom. The summed E-state index contributed by atoms with van der Waals surface area (Å²) in [5.74, 6) is -0.556. The van der Waals surface area contributed by atoms with Crippen molar-refractivity contribution in [2.45, 2.75) is 84.5 Å². The summed E-state index contributed by atoms with van der Waals surface area (Å²) < 4.78 is 17.0. The normalized spacial score (nSPS) is 13.6. The summed E-state index contributed by atoms with van der Waals surface area (Å²) in [5.41, 5.74) is 0. The van der Waals surface area contributed by atoms with Crippen LogP contribution < -0.4 is 0 Å². The van der Waals surface area contributed by atoms with Crippen molar-refractivity contribution in [2.75, 3.05) is 39.8 Å². The van der Waals surface area contributed by atoms with Gasteiger partial charge in [0.2, 0.25) is 0 Å². The second-order valence-electron chi connectivity index (χ2n) is 6.64. The van der Waals surface area contributed by atoms with E-state index in [4.69, 9.17) is 14.2 Å². The van der Waals surface area contributed by atoms with Gasteiger partial charge in [-0.25, -0.2) is 0 Å². The van der Waals surface area contributed by atoms with Gasteiger partial charge >= 0.3 is 0 Å². The van der Waals surface area contributed by atoms with E-state index in [1.54, 1.807) is 21.3 Å². The Balaban J connectivity index is 4.48. The zero-order valence-corrected chi connectivity index (χ0v) is 18.1. The van der Waals surface area contributed by atoms with Crippen molar-refractivity contribution >= 4 is 7.92 Å². The Hall–Kier alpha value is 0.310. The molecule has 0 aromatic heterocycles. The zero-order valence-electron chi connectivity index (χ0n) is 17.2. The van der Waals surface area contributed by atoms with Gasteiger partial charge in [0, 0.05) is 27.2 Å². The fourth-order valence-electron chi connectivity index (χ4n) is 3.52. The minimum atomic E-state index is -0.870. The first-order valence-electron chi connectivity index (χ1n) is 10.0. The van der Waals surface area contributed by atoms with E-state index < -0.39 is 5.97 Å². The van der Waals surface area contributed by atoms with Crippen LogP contribution >= 0.6 is 7.92 Å². The SMILES string of the molecule is CCCCCCCCC(CCCP(CC)CC)C(OC)(OC)OC. The Morgan fingerprint density at radius 2 is 1.21 bits per heavy atom. The molecule has 0 spiro atoms. The van der Waals surface area contributed by atoms with Gasteiger partial charge in [0.25, 0.3) is 5.97 Å². The van der Waals surface area contributed by atoms with Crippen LogP contribution in [0.3, 0.4) is 0 Å². The van der Waals surface area contributed by atoms with E-state index in [0.717, 1.165) is 12.8 Å². The first-order valence-corrected chi connectivity index (χ1v) is 11.9. The van der Waals surface area contributed by atoms with Gasteiger partial charge in [0.15, 0.2) is 0 Å². The van der Waals surface area contributed by atoms with Crippen LogP contribution in [0.15, 0.2) is 0 Å². The van der Waals surface area contributed by atoms with E-state index in [-0.39, 0.29) is 7.92 Å². The molecule has 1 unspecified atom stereocenters. The highest BCUT2D eigenvalue weighted by molar-refractivity contribution is 7.57. The van der Waals surface area contributed by atoms with Crippen LogP contribution in [0.2, 0.25) is 0 Å². The molecule has 0 saturated carbocycles. The second kappa shape index (κ2) is 15.6. The van der Waals surface area contributed by atoms with E-state index >= 15 is 0 Å². The molecule has 0 radical (unpaired) electrons. The molecule has 0 saturated heterocycles. The van der Waals surface area contributed by atoms with Crippen LogP contribution in [0.5, 0.6) is 0 Å². The van der Waals surface area contributed by atoms with Gasteiger partial charge in [-0.1, -0.05) is 59.3 Å². The summed E-state index contributed by atoms with van der Waals surface area (Å²) in [7, 11) is 5.32. The molecule has 0 aliphatic heterocycles. The Labute approximate surface area is 153 Å². The molecule has 0 rings (SSSR count). The summed E-state index contributed by atoms with van der Waals surface area (Å²) in [4.78, 5) is 0. The molecule has 0 amide bonds. The smallest absolute Gasteiger partial charge is 0.285 e. The Kier molecular flexibility index (Phi) is 15.8. The minimum Gasteiger partial charge on any atom is -0.331 e. The average Bonchev–Trinajstić information content (AvgIpc) is 2.62. The maximum atomic E-state index is 5.67. The first kappa shape index (κ1) is 24.3. The molecule has 1 atom stereocenters. The van der Waals surface area contributed by atoms with Crippen LogP contribution in [0.1, 0.15) is 78.6 Å². The number of ether oxygens (including phenoxy) is 3. The topological polar surface area (TPSA) is 27.7 Å². The van der Waals surface area contributed by atoms with Gasteiger partial charge < -0.3 is 14.2 Å². The van der Waals surface area contributed by atoms with E-state index in [0.29, 0.717) is 5.92 Å². The third-order valence-corrected chi connectivity index (χ3v) is 7.92. The average molecular weight is 363 g/mol. The van der Waals surface area contributed by atoms with Gasteiger partial charge in [-0.05, 0) is 37.7 Å².